The van der Waals surface area contributed by atoms with E-state index in [1.54, 1.807) is 11.4 Å². The van der Waals surface area contributed by atoms with Gasteiger partial charge < -0.3 is 10.1 Å². The molecule has 2 rings (SSSR count). The summed E-state index contributed by atoms with van der Waals surface area (Å²) in [7, 11) is -2.09. The lowest BCUT2D eigenvalue weighted by Crippen LogP contribution is -2.52. The number of hydrogen-bond acceptors (Lipinski definition) is 5. The first-order chi connectivity index (χ1) is 10.4. The van der Waals surface area contributed by atoms with Crippen molar-refractivity contribution in [2.45, 2.75) is 22.7 Å². The number of rotatable bonds is 6. The van der Waals surface area contributed by atoms with E-state index < -0.39 is 21.6 Å². The first kappa shape index (κ1) is 17.3. The number of carbonyl (C=O) groups excluding carboxylic acids is 1. The third kappa shape index (κ3) is 3.65. The molecule has 1 saturated heterocycles. The van der Waals surface area contributed by atoms with Crippen LogP contribution in [0.1, 0.15) is 12.8 Å². The molecule has 1 aliphatic rings. The van der Waals surface area contributed by atoms with E-state index >= 15 is 0 Å². The van der Waals surface area contributed by atoms with Crippen LogP contribution < -0.4 is 5.32 Å². The minimum absolute atomic E-state index is 0.00552. The maximum absolute atomic E-state index is 14.6. The van der Waals surface area contributed by atoms with E-state index in [1.807, 2.05) is 0 Å². The fourth-order valence-corrected chi connectivity index (χ4v) is 4.86. The van der Waals surface area contributed by atoms with E-state index in [0.717, 1.165) is 11.3 Å². The molecule has 0 unspecified atom stereocenters. The number of alkyl halides is 1. The van der Waals surface area contributed by atoms with Crippen molar-refractivity contribution >= 4 is 27.3 Å². The zero-order valence-corrected chi connectivity index (χ0v) is 13.9. The summed E-state index contributed by atoms with van der Waals surface area (Å²) in [6, 6.07) is 3.18. The molecule has 1 aromatic rings. The molecule has 1 aliphatic heterocycles. The van der Waals surface area contributed by atoms with Crippen LogP contribution in [-0.2, 0) is 19.6 Å². The van der Waals surface area contributed by atoms with Crippen LogP contribution in [0.25, 0.3) is 0 Å². The molecule has 2 heterocycles. The van der Waals surface area contributed by atoms with E-state index in [2.05, 4.69) is 5.32 Å². The van der Waals surface area contributed by atoms with Crippen LogP contribution in [0.3, 0.4) is 0 Å². The van der Waals surface area contributed by atoms with Crippen molar-refractivity contribution in [1.82, 2.24) is 9.62 Å². The predicted octanol–water partition coefficient (Wildman–Crippen LogP) is 1.00. The summed E-state index contributed by atoms with van der Waals surface area (Å²) in [5.41, 5.74) is -2.02. The molecule has 0 aliphatic carbocycles. The molecule has 0 aromatic carbocycles. The van der Waals surface area contributed by atoms with Gasteiger partial charge in [-0.1, -0.05) is 6.07 Å². The van der Waals surface area contributed by atoms with E-state index in [1.165, 1.54) is 17.5 Å². The molecule has 124 valence electrons. The van der Waals surface area contributed by atoms with Gasteiger partial charge in [0.1, 0.15) is 4.21 Å². The molecule has 1 fully saturated rings. The number of nitrogens with one attached hydrogen (secondary N) is 1. The van der Waals surface area contributed by atoms with E-state index in [0.29, 0.717) is 6.61 Å². The Balaban J connectivity index is 1.96. The second kappa shape index (κ2) is 7.03. The summed E-state index contributed by atoms with van der Waals surface area (Å²) in [6.45, 7) is 0.530. The Bertz CT molecular complexity index is 596. The lowest BCUT2D eigenvalue weighted by Gasteiger charge is -2.34. The number of thiophene rings is 1. The lowest BCUT2D eigenvalue weighted by atomic mass is 9.93. The largest absolute Gasteiger partial charge is 0.383 e. The van der Waals surface area contributed by atoms with Crippen molar-refractivity contribution in [3.63, 3.8) is 0 Å². The molecule has 22 heavy (non-hydrogen) atoms. The zero-order valence-electron chi connectivity index (χ0n) is 12.2. The molecule has 0 spiro atoms. The topological polar surface area (TPSA) is 75.7 Å². The summed E-state index contributed by atoms with van der Waals surface area (Å²) >= 11 is 1.13. The van der Waals surface area contributed by atoms with Crippen LogP contribution in [0, 0.1) is 0 Å². The number of sulfonamides is 1. The molecule has 0 bridgehead atoms. The minimum Gasteiger partial charge on any atom is -0.383 e. The molecule has 6 nitrogen and oxygen atoms in total. The van der Waals surface area contributed by atoms with Crippen molar-refractivity contribution in [3.8, 4) is 0 Å². The quantitative estimate of drug-likeness (QED) is 0.777. The van der Waals surface area contributed by atoms with Crippen LogP contribution in [0.5, 0.6) is 0 Å². The molecular weight excluding hydrogens is 331 g/mol. The van der Waals surface area contributed by atoms with Gasteiger partial charge >= 0.3 is 0 Å². The fraction of sp³-hybridized carbons (Fsp3) is 0.615. The van der Waals surface area contributed by atoms with Crippen LogP contribution >= 0.6 is 11.3 Å². The van der Waals surface area contributed by atoms with Crippen molar-refractivity contribution in [3.05, 3.63) is 17.5 Å². The van der Waals surface area contributed by atoms with Gasteiger partial charge in [0.25, 0.3) is 15.9 Å². The molecular formula is C13H19FN2O4S2. The van der Waals surface area contributed by atoms with Crippen molar-refractivity contribution in [2.24, 2.45) is 0 Å². The van der Waals surface area contributed by atoms with Gasteiger partial charge in [0.15, 0.2) is 5.67 Å². The third-order valence-corrected chi connectivity index (χ3v) is 6.87. The van der Waals surface area contributed by atoms with Crippen LogP contribution in [0.15, 0.2) is 21.7 Å². The first-order valence-corrected chi connectivity index (χ1v) is 9.22. The highest BCUT2D eigenvalue weighted by atomic mass is 32.2. The molecule has 0 atom stereocenters. The molecule has 1 amide bonds. The maximum Gasteiger partial charge on any atom is 0.257 e. The van der Waals surface area contributed by atoms with Gasteiger partial charge in [-0.25, -0.2) is 12.8 Å². The molecule has 0 saturated carbocycles. The Morgan fingerprint density at radius 2 is 2.18 bits per heavy atom. The van der Waals surface area contributed by atoms with Crippen molar-refractivity contribution in [1.29, 1.82) is 0 Å². The number of methoxy groups -OCH3 is 1. The predicted molar refractivity (Wildman–Crippen MR) is 81.0 cm³/mol. The zero-order chi connectivity index (χ0) is 16.2. The summed E-state index contributed by atoms with van der Waals surface area (Å²) < 4.78 is 45.6. The first-order valence-electron chi connectivity index (χ1n) is 6.90. The van der Waals surface area contributed by atoms with Gasteiger partial charge in [-0.2, -0.15) is 4.31 Å². The number of carbonyl (C=O) groups is 1. The average molecular weight is 350 g/mol. The van der Waals surface area contributed by atoms with Gasteiger partial charge in [-0.05, 0) is 11.4 Å². The smallest absolute Gasteiger partial charge is 0.257 e. The Morgan fingerprint density at radius 1 is 1.50 bits per heavy atom. The summed E-state index contributed by atoms with van der Waals surface area (Å²) in [5, 5.41) is 4.15. The number of halogens is 1. The van der Waals surface area contributed by atoms with Gasteiger partial charge in [0, 0.05) is 39.6 Å². The molecule has 9 heteroatoms. The summed E-state index contributed by atoms with van der Waals surface area (Å²) in [5.74, 6) is -0.697. The van der Waals surface area contributed by atoms with Gasteiger partial charge in [0.2, 0.25) is 0 Å². The van der Waals surface area contributed by atoms with Crippen LogP contribution in [0.2, 0.25) is 0 Å². The number of hydrogen-bond donors (Lipinski definition) is 1. The third-order valence-electron chi connectivity index (χ3n) is 3.60. The molecule has 0 radical (unpaired) electrons. The molecule has 1 aromatic heterocycles. The fourth-order valence-electron chi connectivity index (χ4n) is 2.27. The highest BCUT2D eigenvalue weighted by molar-refractivity contribution is 7.91. The standard InChI is InChI=1S/C13H19FN2O4S2/c1-20-9-6-15-12(17)13(14)4-7-16(8-5-13)22(18,19)11-3-2-10-21-11/h2-3,10H,4-9H2,1H3,(H,15,17). The Kier molecular flexibility index (Phi) is 5.54. The number of nitrogens with zero attached hydrogens (tertiary/aromatic N) is 1. The van der Waals surface area contributed by atoms with E-state index in [-0.39, 0.29) is 36.7 Å². The molecule has 1 N–H and O–H groups in total. The summed E-state index contributed by atoms with van der Waals surface area (Å²) in [6.07, 6.45) is -0.285. The maximum atomic E-state index is 14.6. The SMILES string of the molecule is COCCNC(=O)C1(F)CCN(S(=O)(=O)c2cccs2)CC1. The number of ether oxygens (including phenoxy) is 1. The number of piperidine rings is 1. The van der Waals surface area contributed by atoms with Crippen molar-refractivity contribution < 1.29 is 22.3 Å². The number of amides is 1. The minimum atomic E-state index is -3.58. The monoisotopic (exact) mass is 350 g/mol. The average Bonchev–Trinajstić information content (AvgIpc) is 3.03. The second-order valence-electron chi connectivity index (χ2n) is 5.05. The second-order valence-corrected chi connectivity index (χ2v) is 8.16. The normalized spacial score (nSPS) is 19.0. The Hall–Kier alpha value is -1.03. The van der Waals surface area contributed by atoms with E-state index in [9.17, 15) is 17.6 Å². The van der Waals surface area contributed by atoms with E-state index in [4.69, 9.17) is 4.74 Å². The summed E-state index contributed by atoms with van der Waals surface area (Å²) in [4.78, 5) is 11.9. The van der Waals surface area contributed by atoms with Gasteiger partial charge in [-0.3, -0.25) is 4.79 Å². The van der Waals surface area contributed by atoms with Crippen LogP contribution in [-0.4, -0.2) is 57.6 Å². The highest BCUT2D eigenvalue weighted by Gasteiger charge is 2.44. The Morgan fingerprint density at radius 3 is 2.73 bits per heavy atom. The van der Waals surface area contributed by atoms with Gasteiger partial charge in [0.05, 0.1) is 6.61 Å². The lowest BCUT2D eigenvalue weighted by molar-refractivity contribution is -0.135. The Labute approximate surface area is 133 Å². The van der Waals surface area contributed by atoms with Crippen molar-refractivity contribution in [2.75, 3.05) is 33.4 Å². The van der Waals surface area contributed by atoms with Gasteiger partial charge in [-0.15, -0.1) is 11.3 Å². The highest BCUT2D eigenvalue weighted by Crippen LogP contribution is 2.31. The van der Waals surface area contributed by atoms with Crippen LogP contribution in [0.4, 0.5) is 4.39 Å².